The number of hydrogen-bond donors (Lipinski definition) is 2. The minimum Gasteiger partial charge on any atom is -0.386 e. The molecular weight excluding hydrogens is 460 g/mol. The Morgan fingerprint density at radius 3 is 2.50 bits per heavy atom. The van der Waals surface area contributed by atoms with Gasteiger partial charge in [0.15, 0.2) is 0 Å². The predicted octanol–water partition coefficient (Wildman–Crippen LogP) is 5.76. The van der Waals surface area contributed by atoms with Gasteiger partial charge >= 0.3 is 0 Å². The molecule has 0 bridgehead atoms. The zero-order valence-electron chi connectivity index (χ0n) is 19.3. The van der Waals surface area contributed by atoms with Crippen molar-refractivity contribution in [3.8, 4) is 0 Å². The lowest BCUT2D eigenvalue weighted by atomic mass is 9.83. The van der Waals surface area contributed by atoms with E-state index < -0.39 is 23.1 Å². The molecule has 1 fully saturated rings. The summed E-state index contributed by atoms with van der Waals surface area (Å²) in [5.74, 6) is -3.34. The van der Waals surface area contributed by atoms with Crippen molar-refractivity contribution in [1.29, 1.82) is 0 Å². The van der Waals surface area contributed by atoms with Gasteiger partial charge in [0, 0.05) is 41.8 Å². The molecule has 2 heterocycles. The Labute approximate surface area is 200 Å². The van der Waals surface area contributed by atoms with E-state index >= 15 is 0 Å². The monoisotopic (exact) mass is 487 g/mol. The molecule has 2 aromatic heterocycles. The first kappa shape index (κ1) is 24.3. The first-order valence-corrected chi connectivity index (χ1v) is 12.1. The molecule has 1 aromatic carbocycles. The zero-order chi connectivity index (χ0) is 24.7. The average molecular weight is 488 g/mol. The van der Waals surface area contributed by atoms with Crippen molar-refractivity contribution >= 4 is 39.4 Å². The van der Waals surface area contributed by atoms with E-state index in [0.29, 0.717) is 11.3 Å². The van der Waals surface area contributed by atoms with E-state index in [1.807, 2.05) is 0 Å². The van der Waals surface area contributed by atoms with Gasteiger partial charge in [0.2, 0.25) is 0 Å². The van der Waals surface area contributed by atoms with Gasteiger partial charge < -0.3 is 15.2 Å². The minimum atomic E-state index is -3.17. The van der Waals surface area contributed by atoms with E-state index in [-0.39, 0.29) is 17.4 Å². The van der Waals surface area contributed by atoms with Gasteiger partial charge in [-0.25, -0.2) is 4.98 Å². The summed E-state index contributed by atoms with van der Waals surface area (Å²) in [5, 5.41) is 14.5. The number of fused-ring (bicyclic) bond motifs is 1. The van der Waals surface area contributed by atoms with Gasteiger partial charge in [-0.2, -0.15) is 8.78 Å². The molecule has 6 nitrogen and oxygen atoms in total. The molecule has 9 heteroatoms. The quantitative estimate of drug-likeness (QED) is 0.432. The van der Waals surface area contributed by atoms with Gasteiger partial charge in [0.25, 0.3) is 11.8 Å². The maximum absolute atomic E-state index is 13.7. The Hall–Kier alpha value is -2.78. The molecule has 0 radical (unpaired) electrons. The first-order chi connectivity index (χ1) is 16.0. The Bertz CT molecular complexity index is 1220. The predicted molar refractivity (Wildman–Crippen MR) is 127 cm³/mol. The second-order valence-corrected chi connectivity index (χ2v) is 10.6. The summed E-state index contributed by atoms with van der Waals surface area (Å²) in [6.07, 6.45) is 5.72. The Morgan fingerprint density at radius 1 is 1.18 bits per heavy atom. The molecule has 0 spiro atoms. The van der Waals surface area contributed by atoms with E-state index in [0.717, 1.165) is 60.2 Å². The van der Waals surface area contributed by atoms with Crippen molar-refractivity contribution in [3.05, 3.63) is 52.3 Å². The second-order valence-electron chi connectivity index (χ2n) is 9.50. The molecule has 34 heavy (non-hydrogen) atoms. The zero-order valence-corrected chi connectivity index (χ0v) is 20.1. The summed E-state index contributed by atoms with van der Waals surface area (Å²) in [7, 11) is 0. The first-order valence-electron chi connectivity index (χ1n) is 11.2. The summed E-state index contributed by atoms with van der Waals surface area (Å²) in [5.41, 5.74) is -0.122. The lowest BCUT2D eigenvalue weighted by Crippen LogP contribution is -2.21. The van der Waals surface area contributed by atoms with Crippen LogP contribution >= 0.6 is 11.3 Å². The molecule has 1 saturated carbocycles. The van der Waals surface area contributed by atoms with Crippen LogP contribution in [0.2, 0.25) is 0 Å². The van der Waals surface area contributed by atoms with E-state index in [2.05, 4.69) is 10.3 Å². The van der Waals surface area contributed by atoms with Gasteiger partial charge in [-0.05, 0) is 63.8 Å². The van der Waals surface area contributed by atoms with Crippen LogP contribution in [0, 0.1) is 5.92 Å². The topological polar surface area (TPSA) is 92.2 Å². The second kappa shape index (κ2) is 9.11. The number of benzene rings is 1. The number of hydrogen-bond acceptors (Lipinski definition) is 6. The normalized spacial score (nSPS) is 19.2. The van der Waals surface area contributed by atoms with Crippen LogP contribution in [0.25, 0.3) is 10.2 Å². The number of aliphatic hydroxyl groups is 1. The summed E-state index contributed by atoms with van der Waals surface area (Å²) < 4.78 is 28.2. The number of alkyl halides is 2. The Balaban J connectivity index is 1.66. The molecule has 3 aromatic rings. The fourth-order valence-corrected chi connectivity index (χ4v) is 5.44. The number of aromatic nitrogens is 2. The summed E-state index contributed by atoms with van der Waals surface area (Å²) in [6, 6.07) is 5.97. The molecule has 0 saturated heterocycles. The molecule has 180 valence electrons. The number of anilines is 1. The van der Waals surface area contributed by atoms with Crippen LogP contribution in [0.1, 0.15) is 79.0 Å². The molecule has 0 unspecified atom stereocenters. The highest BCUT2D eigenvalue weighted by Crippen LogP contribution is 2.41. The molecule has 1 amide bonds. The van der Waals surface area contributed by atoms with Crippen LogP contribution in [0.15, 0.2) is 30.5 Å². The van der Waals surface area contributed by atoms with Gasteiger partial charge in [-0.15, -0.1) is 11.3 Å². The highest BCUT2D eigenvalue weighted by molar-refractivity contribution is 7.18. The third-order valence-electron chi connectivity index (χ3n) is 6.24. The van der Waals surface area contributed by atoms with E-state index in [4.69, 9.17) is 4.98 Å². The maximum Gasteiger partial charge on any atom is 0.286 e. The molecule has 0 atom stereocenters. The number of carbonyl (C=O) groups is 2. The highest BCUT2D eigenvalue weighted by Gasteiger charge is 2.29. The number of thiazole rings is 1. The third kappa shape index (κ3) is 5.15. The molecule has 1 aliphatic carbocycles. The standard InChI is InChI=1S/C25H27F2N3O3S/c1-24(2,33)17-11-19-20(34-23(30-19)15-6-4-14(13-31)5-7-15)12-18(17)29-22(32)16-8-9-28-21(10-16)25(3,26)27/h8-15,33H,4-7H2,1-3H3,(H,29,32). The maximum atomic E-state index is 13.7. The Morgan fingerprint density at radius 2 is 1.88 bits per heavy atom. The average Bonchev–Trinajstić information content (AvgIpc) is 3.20. The fourth-order valence-electron chi connectivity index (χ4n) is 4.28. The van der Waals surface area contributed by atoms with E-state index in [9.17, 15) is 23.5 Å². The number of carbonyl (C=O) groups excluding carboxylic acids is 2. The molecule has 2 N–H and O–H groups in total. The van der Waals surface area contributed by atoms with Crippen molar-refractivity contribution in [2.24, 2.45) is 5.92 Å². The number of pyridine rings is 1. The molecular formula is C25H27F2N3O3S. The van der Waals surface area contributed by atoms with Crippen molar-refractivity contribution in [1.82, 2.24) is 9.97 Å². The lowest BCUT2D eigenvalue weighted by Gasteiger charge is -2.23. The number of nitrogens with one attached hydrogen (secondary N) is 1. The van der Waals surface area contributed by atoms with Crippen molar-refractivity contribution in [2.45, 2.75) is 63.9 Å². The highest BCUT2D eigenvalue weighted by atomic mass is 32.1. The SMILES string of the molecule is CC(C)(O)c1cc2nc(C3CCC(C=O)CC3)sc2cc1NC(=O)c1ccnc(C(C)(F)F)c1. The van der Waals surface area contributed by atoms with Gasteiger partial charge in [-0.1, -0.05) is 0 Å². The van der Waals surface area contributed by atoms with Crippen LogP contribution in [0.4, 0.5) is 14.5 Å². The number of amides is 1. The van der Waals surface area contributed by atoms with Gasteiger partial charge in [0.05, 0.1) is 20.8 Å². The van der Waals surface area contributed by atoms with E-state index in [1.54, 1.807) is 26.0 Å². The van der Waals surface area contributed by atoms with Crippen molar-refractivity contribution in [2.75, 3.05) is 5.32 Å². The largest absolute Gasteiger partial charge is 0.386 e. The number of rotatable bonds is 6. The molecule has 4 rings (SSSR count). The Kier molecular flexibility index (Phi) is 6.52. The van der Waals surface area contributed by atoms with Crippen LogP contribution in [-0.4, -0.2) is 27.3 Å². The van der Waals surface area contributed by atoms with E-state index in [1.165, 1.54) is 23.6 Å². The fraction of sp³-hybridized carbons (Fsp3) is 0.440. The van der Waals surface area contributed by atoms with Crippen LogP contribution in [0.5, 0.6) is 0 Å². The minimum absolute atomic E-state index is 0.0465. The third-order valence-corrected chi connectivity index (χ3v) is 7.42. The lowest BCUT2D eigenvalue weighted by molar-refractivity contribution is -0.111. The number of aldehydes is 1. The van der Waals surface area contributed by atoms with Crippen LogP contribution in [0.3, 0.4) is 0 Å². The molecule has 1 aliphatic rings. The number of halogens is 2. The van der Waals surface area contributed by atoms with Gasteiger partial charge in [-0.3, -0.25) is 9.78 Å². The molecule has 0 aliphatic heterocycles. The van der Waals surface area contributed by atoms with Crippen molar-refractivity contribution < 1.29 is 23.5 Å². The summed E-state index contributed by atoms with van der Waals surface area (Å²) in [4.78, 5) is 32.4. The van der Waals surface area contributed by atoms with Crippen molar-refractivity contribution in [3.63, 3.8) is 0 Å². The smallest absolute Gasteiger partial charge is 0.286 e. The van der Waals surface area contributed by atoms with Crippen LogP contribution < -0.4 is 5.32 Å². The number of nitrogens with zero attached hydrogens (tertiary/aromatic N) is 2. The van der Waals surface area contributed by atoms with Crippen LogP contribution in [-0.2, 0) is 16.3 Å². The summed E-state index contributed by atoms with van der Waals surface area (Å²) in [6.45, 7) is 3.95. The van der Waals surface area contributed by atoms with Gasteiger partial charge in [0.1, 0.15) is 12.0 Å². The summed E-state index contributed by atoms with van der Waals surface area (Å²) >= 11 is 1.53.